The lowest BCUT2D eigenvalue weighted by molar-refractivity contribution is -0.151. The number of fused-ring (bicyclic) bond motifs is 1. The third-order valence-electron chi connectivity index (χ3n) is 4.88. The first-order chi connectivity index (χ1) is 11.5. The molecule has 2 amide bonds. The van der Waals surface area contributed by atoms with Gasteiger partial charge in [-0.1, -0.05) is 25.0 Å². The average molecular weight is 329 g/mol. The van der Waals surface area contributed by atoms with Gasteiger partial charge in [-0.3, -0.25) is 24.1 Å². The molecular weight excluding hydrogens is 310 g/mol. The molecule has 0 aromatic heterocycles. The molecule has 1 saturated carbocycles. The number of imide groups is 1. The van der Waals surface area contributed by atoms with Crippen LogP contribution in [0.25, 0.3) is 0 Å². The molecule has 0 bridgehead atoms. The second-order valence-corrected chi connectivity index (χ2v) is 6.23. The van der Waals surface area contributed by atoms with Gasteiger partial charge in [-0.2, -0.15) is 0 Å². The number of hydrogen-bond acceptors (Lipinski definition) is 5. The molecule has 2 atom stereocenters. The lowest BCUT2D eigenvalue weighted by atomic mass is 9.77. The van der Waals surface area contributed by atoms with Gasteiger partial charge in [0.05, 0.1) is 30.7 Å². The van der Waals surface area contributed by atoms with E-state index in [4.69, 9.17) is 4.74 Å². The van der Waals surface area contributed by atoms with Crippen LogP contribution in [-0.2, 0) is 14.3 Å². The number of ketones is 1. The van der Waals surface area contributed by atoms with Gasteiger partial charge < -0.3 is 4.74 Å². The maximum atomic E-state index is 12.7. The van der Waals surface area contributed by atoms with Gasteiger partial charge in [0.25, 0.3) is 11.8 Å². The molecular formula is C18H19NO5. The van der Waals surface area contributed by atoms with Gasteiger partial charge in [0.1, 0.15) is 0 Å². The van der Waals surface area contributed by atoms with Crippen LogP contribution in [0.5, 0.6) is 0 Å². The summed E-state index contributed by atoms with van der Waals surface area (Å²) in [5, 5.41) is 0. The maximum absolute atomic E-state index is 12.7. The number of rotatable bonds is 4. The van der Waals surface area contributed by atoms with Crippen molar-refractivity contribution in [2.75, 3.05) is 13.7 Å². The summed E-state index contributed by atoms with van der Waals surface area (Å²) in [7, 11) is 1.31. The summed E-state index contributed by atoms with van der Waals surface area (Å²) in [5.41, 5.74) is 0.645. The van der Waals surface area contributed by atoms with Crippen LogP contribution >= 0.6 is 0 Å². The Balaban J connectivity index is 1.76. The molecule has 6 nitrogen and oxygen atoms in total. The number of benzene rings is 1. The SMILES string of the molecule is COC(=O)[C@H]1CCCC[C@@H]1C(=O)CN1C(=O)c2ccccc2C1=O. The monoisotopic (exact) mass is 329 g/mol. The van der Waals surface area contributed by atoms with Crippen molar-refractivity contribution in [1.29, 1.82) is 0 Å². The first kappa shape index (κ1) is 16.4. The molecule has 3 rings (SSSR count). The van der Waals surface area contributed by atoms with Crippen LogP contribution < -0.4 is 0 Å². The summed E-state index contributed by atoms with van der Waals surface area (Å²) in [6.07, 6.45) is 2.91. The van der Waals surface area contributed by atoms with E-state index in [0.29, 0.717) is 24.0 Å². The molecule has 2 aliphatic rings. The molecule has 0 radical (unpaired) electrons. The largest absolute Gasteiger partial charge is 0.469 e. The molecule has 6 heteroatoms. The lowest BCUT2D eigenvalue weighted by Gasteiger charge is -2.29. The number of hydrogen-bond donors (Lipinski definition) is 0. The standard InChI is InChI=1S/C18H19NO5/c1-24-18(23)14-9-5-2-6-11(14)15(20)10-19-16(21)12-7-3-4-8-13(12)17(19)22/h3-4,7-8,11,14H,2,5-6,9-10H2,1H3/t11-,14-/m0/s1. The Bertz CT molecular complexity index is 676. The average Bonchev–Trinajstić information content (AvgIpc) is 2.86. The molecule has 1 fully saturated rings. The third kappa shape index (κ3) is 2.72. The van der Waals surface area contributed by atoms with Crippen LogP contribution in [0, 0.1) is 11.8 Å². The molecule has 1 aliphatic heterocycles. The number of amides is 2. The highest BCUT2D eigenvalue weighted by atomic mass is 16.5. The van der Waals surface area contributed by atoms with Gasteiger partial charge in [-0.15, -0.1) is 0 Å². The fourth-order valence-corrected chi connectivity index (χ4v) is 3.61. The number of methoxy groups -OCH3 is 1. The molecule has 0 spiro atoms. The van der Waals surface area contributed by atoms with Crippen molar-refractivity contribution in [2.24, 2.45) is 11.8 Å². The highest BCUT2D eigenvalue weighted by Gasteiger charge is 2.41. The summed E-state index contributed by atoms with van der Waals surface area (Å²) >= 11 is 0. The van der Waals surface area contributed by atoms with Gasteiger partial charge >= 0.3 is 5.97 Å². The third-order valence-corrected chi connectivity index (χ3v) is 4.88. The highest BCUT2D eigenvalue weighted by Crippen LogP contribution is 2.32. The summed E-state index contributed by atoms with van der Waals surface area (Å²) in [5.74, 6) is -2.51. The molecule has 1 aromatic carbocycles. The van der Waals surface area contributed by atoms with E-state index in [1.54, 1.807) is 24.3 Å². The topological polar surface area (TPSA) is 80.8 Å². The lowest BCUT2D eigenvalue weighted by Crippen LogP contribution is -2.41. The summed E-state index contributed by atoms with van der Waals surface area (Å²) in [4.78, 5) is 50.3. The van der Waals surface area contributed by atoms with Crippen molar-refractivity contribution < 1.29 is 23.9 Å². The zero-order valence-corrected chi connectivity index (χ0v) is 13.5. The van der Waals surface area contributed by atoms with E-state index in [0.717, 1.165) is 17.7 Å². The number of esters is 1. The van der Waals surface area contributed by atoms with Crippen molar-refractivity contribution in [1.82, 2.24) is 4.90 Å². The van der Waals surface area contributed by atoms with Crippen molar-refractivity contribution in [3.8, 4) is 0 Å². The minimum atomic E-state index is -0.490. The summed E-state index contributed by atoms with van der Waals surface area (Å²) < 4.78 is 4.79. The van der Waals surface area contributed by atoms with E-state index in [1.807, 2.05) is 0 Å². The van der Waals surface area contributed by atoms with E-state index in [-0.39, 0.29) is 12.3 Å². The van der Waals surface area contributed by atoms with Gasteiger partial charge in [-0.25, -0.2) is 0 Å². The first-order valence-electron chi connectivity index (χ1n) is 8.10. The fraction of sp³-hybridized carbons (Fsp3) is 0.444. The van der Waals surface area contributed by atoms with E-state index < -0.39 is 29.6 Å². The Morgan fingerprint density at radius 3 is 2.12 bits per heavy atom. The Morgan fingerprint density at radius 2 is 1.58 bits per heavy atom. The van der Waals surface area contributed by atoms with Crippen LogP contribution in [0.3, 0.4) is 0 Å². The number of ether oxygens (including phenoxy) is 1. The highest BCUT2D eigenvalue weighted by molar-refractivity contribution is 6.22. The predicted octanol–water partition coefficient (Wildman–Crippen LogP) is 1.83. The number of carbonyl (C=O) groups is 4. The van der Waals surface area contributed by atoms with Gasteiger partial charge in [-0.05, 0) is 25.0 Å². The molecule has 0 N–H and O–H groups in total. The maximum Gasteiger partial charge on any atom is 0.309 e. The molecule has 0 saturated heterocycles. The van der Waals surface area contributed by atoms with Crippen molar-refractivity contribution in [3.63, 3.8) is 0 Å². The normalized spacial score (nSPS) is 23.1. The van der Waals surface area contributed by atoms with Crippen LogP contribution in [-0.4, -0.2) is 42.1 Å². The minimum Gasteiger partial charge on any atom is -0.469 e. The quantitative estimate of drug-likeness (QED) is 0.622. The molecule has 1 aliphatic carbocycles. The van der Waals surface area contributed by atoms with E-state index >= 15 is 0 Å². The molecule has 0 unspecified atom stereocenters. The Labute approximate surface area is 139 Å². The molecule has 1 aromatic rings. The fourth-order valence-electron chi connectivity index (χ4n) is 3.61. The van der Waals surface area contributed by atoms with Gasteiger partial charge in [0.15, 0.2) is 5.78 Å². The van der Waals surface area contributed by atoms with Crippen LogP contribution in [0.1, 0.15) is 46.4 Å². The number of nitrogens with zero attached hydrogens (tertiary/aromatic N) is 1. The number of carbonyl (C=O) groups excluding carboxylic acids is 4. The van der Waals surface area contributed by atoms with Crippen LogP contribution in [0.15, 0.2) is 24.3 Å². The first-order valence-corrected chi connectivity index (χ1v) is 8.10. The van der Waals surface area contributed by atoms with Gasteiger partial charge in [0.2, 0.25) is 0 Å². The smallest absolute Gasteiger partial charge is 0.309 e. The van der Waals surface area contributed by atoms with E-state index in [2.05, 4.69) is 0 Å². The Hall–Kier alpha value is -2.50. The second-order valence-electron chi connectivity index (χ2n) is 6.23. The molecule has 1 heterocycles. The zero-order valence-electron chi connectivity index (χ0n) is 13.5. The van der Waals surface area contributed by atoms with Crippen LogP contribution in [0.4, 0.5) is 0 Å². The number of Topliss-reactive ketones (excluding diaryl/α,β-unsaturated/α-hetero) is 1. The van der Waals surface area contributed by atoms with Crippen LogP contribution in [0.2, 0.25) is 0 Å². The van der Waals surface area contributed by atoms with Crippen molar-refractivity contribution >= 4 is 23.6 Å². The second kappa shape index (κ2) is 6.55. The van der Waals surface area contributed by atoms with E-state index in [9.17, 15) is 19.2 Å². The minimum absolute atomic E-state index is 0.250. The predicted molar refractivity (Wildman–Crippen MR) is 84.3 cm³/mol. The van der Waals surface area contributed by atoms with Gasteiger partial charge in [0, 0.05) is 5.92 Å². The zero-order chi connectivity index (χ0) is 17.3. The van der Waals surface area contributed by atoms with Crippen molar-refractivity contribution in [3.05, 3.63) is 35.4 Å². The van der Waals surface area contributed by atoms with E-state index in [1.165, 1.54) is 7.11 Å². The molecule has 126 valence electrons. The Kier molecular flexibility index (Phi) is 4.46. The van der Waals surface area contributed by atoms with Crippen molar-refractivity contribution in [2.45, 2.75) is 25.7 Å². The molecule has 24 heavy (non-hydrogen) atoms. The summed E-state index contributed by atoms with van der Waals surface area (Å²) in [6, 6.07) is 6.53. The Morgan fingerprint density at radius 1 is 1.04 bits per heavy atom. The summed E-state index contributed by atoms with van der Waals surface area (Å²) in [6.45, 7) is -0.287.